The molecular formula is C16H10F3IO. The van der Waals surface area contributed by atoms with E-state index in [4.69, 9.17) is 0 Å². The highest BCUT2D eigenvalue weighted by atomic mass is 127. The van der Waals surface area contributed by atoms with Crippen LogP contribution in [0.25, 0.3) is 0 Å². The van der Waals surface area contributed by atoms with Crippen LogP contribution in [0.2, 0.25) is 0 Å². The van der Waals surface area contributed by atoms with Crippen molar-refractivity contribution in [2.45, 2.75) is 11.8 Å². The van der Waals surface area contributed by atoms with Crippen molar-refractivity contribution in [3.63, 3.8) is 0 Å². The molecule has 2 aromatic rings. The van der Waals surface area contributed by atoms with Gasteiger partial charge in [-0.3, -0.25) is 0 Å². The van der Waals surface area contributed by atoms with Gasteiger partial charge in [-0.05, 0) is 40.6 Å². The molecule has 0 aliphatic carbocycles. The van der Waals surface area contributed by atoms with Gasteiger partial charge in [-0.15, -0.1) is 0 Å². The third-order valence-electron chi connectivity index (χ3n) is 2.85. The van der Waals surface area contributed by atoms with E-state index in [1.165, 1.54) is 24.3 Å². The Morgan fingerprint density at radius 1 is 0.905 bits per heavy atom. The molecule has 0 spiro atoms. The number of halogens is 4. The first-order chi connectivity index (χ1) is 9.84. The van der Waals surface area contributed by atoms with E-state index >= 15 is 0 Å². The average Bonchev–Trinajstić information content (AvgIpc) is 2.46. The van der Waals surface area contributed by atoms with E-state index in [1.54, 1.807) is 30.3 Å². The molecule has 0 fully saturated rings. The minimum Gasteiger partial charge on any atom is -0.366 e. The standard InChI is InChI=1S/C16H10F3IO/c17-16(18,19)15(21,13-7-2-1-3-8-13)11-10-12-6-4-5-9-14(12)20/h1-9,21H. The molecule has 21 heavy (non-hydrogen) atoms. The summed E-state index contributed by atoms with van der Waals surface area (Å²) in [4.78, 5) is 0. The number of alkyl halides is 3. The zero-order valence-corrected chi connectivity index (χ0v) is 12.8. The Hall–Kier alpha value is -1.52. The maximum Gasteiger partial charge on any atom is 0.433 e. The monoisotopic (exact) mass is 402 g/mol. The molecule has 108 valence electrons. The fraction of sp³-hybridized carbons (Fsp3) is 0.125. The summed E-state index contributed by atoms with van der Waals surface area (Å²) < 4.78 is 40.4. The van der Waals surface area contributed by atoms with E-state index in [2.05, 4.69) is 5.92 Å². The molecule has 0 bridgehead atoms. The number of hydrogen-bond donors (Lipinski definition) is 1. The molecule has 1 unspecified atom stereocenters. The molecule has 0 radical (unpaired) electrons. The van der Waals surface area contributed by atoms with Gasteiger partial charge in [0.25, 0.3) is 0 Å². The number of rotatable bonds is 1. The quantitative estimate of drug-likeness (QED) is 0.563. The molecule has 2 aromatic carbocycles. The predicted molar refractivity (Wildman–Crippen MR) is 82.4 cm³/mol. The minimum absolute atomic E-state index is 0.295. The van der Waals surface area contributed by atoms with Crippen molar-refractivity contribution < 1.29 is 18.3 Å². The van der Waals surface area contributed by atoms with Crippen LogP contribution < -0.4 is 0 Å². The van der Waals surface area contributed by atoms with Crippen LogP contribution >= 0.6 is 22.6 Å². The summed E-state index contributed by atoms with van der Waals surface area (Å²) in [6.07, 6.45) is -4.89. The van der Waals surface area contributed by atoms with E-state index in [1.807, 2.05) is 28.5 Å². The van der Waals surface area contributed by atoms with Gasteiger partial charge in [0.1, 0.15) is 0 Å². The van der Waals surface area contributed by atoms with Gasteiger partial charge in [-0.1, -0.05) is 48.4 Å². The SMILES string of the molecule is OC(C#Cc1ccccc1I)(c1ccccc1)C(F)(F)F. The summed E-state index contributed by atoms with van der Waals surface area (Å²) in [5, 5.41) is 10.1. The van der Waals surface area contributed by atoms with Gasteiger partial charge in [0, 0.05) is 14.7 Å². The molecule has 0 heterocycles. The molecule has 2 rings (SSSR count). The van der Waals surface area contributed by atoms with Crippen molar-refractivity contribution >= 4 is 22.6 Å². The maximum absolute atomic E-state index is 13.2. The van der Waals surface area contributed by atoms with Crippen LogP contribution in [0.4, 0.5) is 13.2 Å². The summed E-state index contributed by atoms with van der Waals surface area (Å²) >= 11 is 1.98. The van der Waals surface area contributed by atoms with Gasteiger partial charge in [0.2, 0.25) is 5.60 Å². The Bertz CT molecular complexity index is 686. The Morgan fingerprint density at radius 2 is 1.48 bits per heavy atom. The molecule has 1 N–H and O–H groups in total. The second-order valence-corrected chi connectivity index (χ2v) is 5.47. The van der Waals surface area contributed by atoms with Crippen LogP contribution in [0.15, 0.2) is 54.6 Å². The van der Waals surface area contributed by atoms with Gasteiger partial charge < -0.3 is 5.11 Å². The van der Waals surface area contributed by atoms with Crippen LogP contribution in [0, 0.1) is 15.4 Å². The zero-order valence-electron chi connectivity index (χ0n) is 10.7. The van der Waals surface area contributed by atoms with E-state index < -0.39 is 11.8 Å². The van der Waals surface area contributed by atoms with Gasteiger partial charge in [0.15, 0.2) is 0 Å². The van der Waals surface area contributed by atoms with Crippen molar-refractivity contribution in [1.82, 2.24) is 0 Å². The van der Waals surface area contributed by atoms with E-state index in [9.17, 15) is 18.3 Å². The van der Waals surface area contributed by atoms with Gasteiger partial charge in [-0.2, -0.15) is 13.2 Å². The predicted octanol–water partition coefficient (Wildman–Crippen LogP) is 4.09. The maximum atomic E-state index is 13.2. The zero-order chi connectivity index (χ0) is 15.5. The molecule has 5 heteroatoms. The first-order valence-corrected chi connectivity index (χ1v) is 7.05. The molecule has 1 nitrogen and oxygen atoms in total. The minimum atomic E-state index is -4.89. The van der Waals surface area contributed by atoms with Crippen molar-refractivity contribution in [2.24, 2.45) is 0 Å². The molecule has 0 aliphatic rings. The molecule has 0 amide bonds. The highest BCUT2D eigenvalue weighted by Crippen LogP contribution is 2.38. The smallest absolute Gasteiger partial charge is 0.366 e. The number of benzene rings is 2. The number of aliphatic hydroxyl groups is 1. The summed E-state index contributed by atoms with van der Waals surface area (Å²) in [6, 6.07) is 13.6. The lowest BCUT2D eigenvalue weighted by Crippen LogP contribution is -2.41. The molecule has 0 saturated carbocycles. The van der Waals surface area contributed by atoms with Crippen LogP contribution in [0.1, 0.15) is 11.1 Å². The second kappa shape index (κ2) is 6.08. The van der Waals surface area contributed by atoms with E-state index in [-0.39, 0.29) is 5.56 Å². The topological polar surface area (TPSA) is 20.2 Å². The Morgan fingerprint density at radius 3 is 2.05 bits per heavy atom. The molecule has 0 saturated heterocycles. The van der Waals surface area contributed by atoms with Crippen LogP contribution in [-0.2, 0) is 5.60 Å². The lowest BCUT2D eigenvalue weighted by Gasteiger charge is -2.25. The summed E-state index contributed by atoms with van der Waals surface area (Å²) in [5.74, 6) is 4.42. The average molecular weight is 402 g/mol. The Labute approximate surface area is 134 Å². The van der Waals surface area contributed by atoms with E-state index in [0.29, 0.717) is 5.56 Å². The second-order valence-electron chi connectivity index (χ2n) is 4.30. The van der Waals surface area contributed by atoms with Gasteiger partial charge in [-0.25, -0.2) is 0 Å². The summed E-state index contributed by atoms with van der Waals surface area (Å²) in [7, 11) is 0. The van der Waals surface area contributed by atoms with Crippen molar-refractivity contribution in [3.8, 4) is 11.8 Å². The van der Waals surface area contributed by atoms with Crippen LogP contribution in [-0.4, -0.2) is 11.3 Å². The largest absolute Gasteiger partial charge is 0.433 e. The molecule has 1 atom stereocenters. The molecular weight excluding hydrogens is 392 g/mol. The third-order valence-corrected chi connectivity index (χ3v) is 3.79. The molecule has 0 aliphatic heterocycles. The summed E-state index contributed by atoms with van der Waals surface area (Å²) in [5.41, 5.74) is -3.04. The fourth-order valence-electron chi connectivity index (χ4n) is 1.71. The fourth-order valence-corrected chi connectivity index (χ4v) is 2.23. The molecule has 0 aromatic heterocycles. The highest BCUT2D eigenvalue weighted by molar-refractivity contribution is 14.1. The normalized spacial score (nSPS) is 14.0. The first-order valence-electron chi connectivity index (χ1n) is 5.97. The van der Waals surface area contributed by atoms with Gasteiger partial charge >= 0.3 is 6.18 Å². The van der Waals surface area contributed by atoms with Crippen molar-refractivity contribution in [1.29, 1.82) is 0 Å². The van der Waals surface area contributed by atoms with Crippen molar-refractivity contribution in [2.75, 3.05) is 0 Å². The Balaban J connectivity index is 2.53. The highest BCUT2D eigenvalue weighted by Gasteiger charge is 2.54. The lowest BCUT2D eigenvalue weighted by atomic mass is 9.93. The van der Waals surface area contributed by atoms with Crippen LogP contribution in [0.5, 0.6) is 0 Å². The van der Waals surface area contributed by atoms with Crippen molar-refractivity contribution in [3.05, 3.63) is 69.3 Å². The number of hydrogen-bond acceptors (Lipinski definition) is 1. The van der Waals surface area contributed by atoms with E-state index in [0.717, 1.165) is 3.57 Å². The Kier molecular flexibility index (Phi) is 4.59. The summed E-state index contributed by atoms with van der Waals surface area (Å²) in [6.45, 7) is 0. The first kappa shape index (κ1) is 15.9. The van der Waals surface area contributed by atoms with Crippen LogP contribution in [0.3, 0.4) is 0 Å². The van der Waals surface area contributed by atoms with Gasteiger partial charge in [0.05, 0.1) is 0 Å². The third kappa shape index (κ3) is 3.39. The lowest BCUT2D eigenvalue weighted by molar-refractivity contribution is -0.240.